The Kier molecular flexibility index (Phi) is 7.33. The maximum atomic E-state index is 13.6. The molecule has 0 radical (unpaired) electrons. The number of hydrogen-bond acceptors (Lipinski definition) is 5. The molecule has 5 rings (SSSR count). The minimum Gasteiger partial charge on any atom is -0.465 e. The summed E-state index contributed by atoms with van der Waals surface area (Å²) in [5, 5.41) is 3.57. The smallest absolute Gasteiger partial charge is 0.337 e. The maximum Gasteiger partial charge on any atom is 0.337 e. The van der Waals surface area contributed by atoms with Crippen LogP contribution in [0.25, 0.3) is 16.7 Å². The van der Waals surface area contributed by atoms with Crippen molar-refractivity contribution in [1.29, 1.82) is 0 Å². The summed E-state index contributed by atoms with van der Waals surface area (Å²) >= 11 is 6.03. The topological polar surface area (TPSA) is 95.2 Å². The Labute approximate surface area is 225 Å². The molecule has 0 saturated heterocycles. The van der Waals surface area contributed by atoms with Gasteiger partial charge in [-0.2, -0.15) is 0 Å². The number of nitrogens with one attached hydrogen (secondary N) is 1. The molecule has 1 fully saturated rings. The van der Waals surface area contributed by atoms with E-state index in [-0.39, 0.29) is 17.6 Å². The average Bonchev–Trinajstić information content (AvgIpc) is 3.21. The lowest BCUT2D eigenvalue weighted by molar-refractivity contribution is 0.0600. The van der Waals surface area contributed by atoms with Crippen molar-refractivity contribution < 1.29 is 14.3 Å². The van der Waals surface area contributed by atoms with Gasteiger partial charge in [-0.15, -0.1) is 0 Å². The van der Waals surface area contributed by atoms with E-state index in [1.54, 1.807) is 41.8 Å². The molecule has 2 aromatic carbocycles. The first-order valence-corrected chi connectivity index (χ1v) is 13.1. The third kappa shape index (κ3) is 5.09. The number of nitrogens with zero attached hydrogens (tertiary/aromatic N) is 3. The van der Waals surface area contributed by atoms with Gasteiger partial charge in [0.1, 0.15) is 0 Å². The first-order chi connectivity index (χ1) is 18.4. The van der Waals surface area contributed by atoms with Crippen LogP contribution in [-0.2, 0) is 11.3 Å². The molecular weight excluding hydrogens is 504 g/mol. The lowest BCUT2D eigenvalue weighted by atomic mass is 9.85. The van der Waals surface area contributed by atoms with Gasteiger partial charge in [-0.25, -0.2) is 9.59 Å². The summed E-state index contributed by atoms with van der Waals surface area (Å²) in [5.41, 5.74) is 3.84. The number of esters is 1. The van der Waals surface area contributed by atoms with E-state index in [4.69, 9.17) is 16.3 Å². The summed E-state index contributed by atoms with van der Waals surface area (Å²) in [6, 6.07) is 16.3. The second-order valence-electron chi connectivity index (χ2n) is 9.73. The van der Waals surface area contributed by atoms with E-state index in [0.29, 0.717) is 40.0 Å². The highest BCUT2D eigenvalue weighted by Gasteiger charge is 2.25. The number of hydrogen-bond donors (Lipinski definition) is 1. The van der Waals surface area contributed by atoms with Crippen LogP contribution in [0.4, 0.5) is 0 Å². The molecule has 0 spiro atoms. The number of halogens is 1. The third-order valence-electron chi connectivity index (χ3n) is 7.30. The summed E-state index contributed by atoms with van der Waals surface area (Å²) in [6.07, 6.45) is 5.02. The van der Waals surface area contributed by atoms with Crippen LogP contribution in [0.3, 0.4) is 0 Å². The van der Waals surface area contributed by atoms with Gasteiger partial charge >= 0.3 is 11.7 Å². The number of carbonyl (C=O) groups excluding carboxylic acids is 2. The fraction of sp³-hybridized carbons (Fsp3) is 0.310. The number of benzene rings is 2. The molecule has 0 atom stereocenters. The van der Waals surface area contributed by atoms with Gasteiger partial charge in [0.05, 0.1) is 45.7 Å². The van der Waals surface area contributed by atoms with Crippen molar-refractivity contribution in [2.45, 2.75) is 45.2 Å². The van der Waals surface area contributed by atoms with Crippen LogP contribution in [0.1, 0.15) is 52.1 Å². The van der Waals surface area contributed by atoms with Crippen LogP contribution in [0.15, 0.2) is 65.6 Å². The van der Waals surface area contributed by atoms with Crippen molar-refractivity contribution >= 4 is 34.5 Å². The Balaban J connectivity index is 1.31. The van der Waals surface area contributed by atoms with Crippen molar-refractivity contribution in [1.82, 2.24) is 19.4 Å². The van der Waals surface area contributed by atoms with Gasteiger partial charge in [-0.05, 0) is 81.0 Å². The summed E-state index contributed by atoms with van der Waals surface area (Å²) in [4.78, 5) is 42.4. The number of pyridine rings is 1. The molecule has 2 heterocycles. The number of carbonyl (C=O) groups is 2. The van der Waals surface area contributed by atoms with Crippen molar-refractivity contribution in [3.05, 3.63) is 93.1 Å². The molecule has 2 aromatic heterocycles. The molecule has 4 aromatic rings. The Morgan fingerprint density at radius 2 is 1.74 bits per heavy atom. The molecule has 196 valence electrons. The first-order valence-electron chi connectivity index (χ1n) is 12.7. The fourth-order valence-corrected chi connectivity index (χ4v) is 5.40. The summed E-state index contributed by atoms with van der Waals surface area (Å²) in [5.74, 6) is -0.257. The molecule has 1 aliphatic carbocycles. The summed E-state index contributed by atoms with van der Waals surface area (Å²) < 4.78 is 8.31. The number of fused-ring (bicyclic) bond motifs is 1. The number of methoxy groups -OCH3 is 1. The number of aryl methyl sites for hydroxylation is 1. The highest BCUT2D eigenvalue weighted by Crippen LogP contribution is 2.28. The van der Waals surface area contributed by atoms with Gasteiger partial charge in [0, 0.05) is 18.8 Å². The van der Waals surface area contributed by atoms with E-state index in [9.17, 15) is 14.4 Å². The zero-order valence-corrected chi connectivity index (χ0v) is 22.1. The van der Waals surface area contributed by atoms with E-state index in [1.165, 1.54) is 13.3 Å². The van der Waals surface area contributed by atoms with Gasteiger partial charge < -0.3 is 10.1 Å². The minimum atomic E-state index is -0.419. The largest absolute Gasteiger partial charge is 0.465 e. The summed E-state index contributed by atoms with van der Waals surface area (Å²) in [7, 11) is 1.34. The van der Waals surface area contributed by atoms with Crippen molar-refractivity contribution in [2.75, 3.05) is 7.11 Å². The van der Waals surface area contributed by atoms with Crippen LogP contribution in [-0.4, -0.2) is 39.1 Å². The highest BCUT2D eigenvalue weighted by atomic mass is 35.5. The molecule has 1 aliphatic rings. The number of amides is 1. The molecule has 0 unspecified atom stereocenters. The monoisotopic (exact) mass is 532 g/mol. The SMILES string of the molecule is COC(=O)c1ccc(-n2c(=O)n(C[C@H]3CC[C@H](NC(=O)c4cc(Cl)cnc4C)CC3)c3ccccc32)cc1. The second-order valence-corrected chi connectivity index (χ2v) is 10.2. The van der Waals surface area contributed by atoms with Gasteiger partial charge in [-0.1, -0.05) is 23.7 Å². The number of rotatable bonds is 6. The second kappa shape index (κ2) is 10.8. The lowest BCUT2D eigenvalue weighted by Crippen LogP contribution is -2.39. The van der Waals surface area contributed by atoms with Crippen LogP contribution in [0.5, 0.6) is 0 Å². The van der Waals surface area contributed by atoms with Crippen LogP contribution >= 0.6 is 11.6 Å². The van der Waals surface area contributed by atoms with Crippen molar-refractivity contribution in [2.24, 2.45) is 5.92 Å². The first kappa shape index (κ1) is 25.7. The van der Waals surface area contributed by atoms with E-state index in [0.717, 1.165) is 36.7 Å². The third-order valence-corrected chi connectivity index (χ3v) is 7.51. The number of para-hydroxylation sites is 2. The minimum absolute atomic E-state index is 0.0727. The molecule has 0 aliphatic heterocycles. The van der Waals surface area contributed by atoms with E-state index < -0.39 is 5.97 Å². The van der Waals surface area contributed by atoms with Gasteiger partial charge in [0.15, 0.2) is 0 Å². The van der Waals surface area contributed by atoms with Crippen LogP contribution < -0.4 is 11.0 Å². The standard InChI is InChI=1S/C29H29ClN4O4/c1-18-24(15-21(30)16-31-18)27(35)32-22-11-7-19(8-12-22)17-33-25-5-3-4-6-26(25)34(29(33)37)23-13-9-20(10-14-23)28(36)38-2/h3-6,9-10,13-16,19,22H,7-8,11-12,17H2,1-2H3,(H,32,35)/t19-,22-. The fourth-order valence-electron chi connectivity index (χ4n) is 5.25. The van der Waals surface area contributed by atoms with E-state index in [1.807, 2.05) is 28.8 Å². The van der Waals surface area contributed by atoms with E-state index >= 15 is 0 Å². The highest BCUT2D eigenvalue weighted by molar-refractivity contribution is 6.30. The van der Waals surface area contributed by atoms with Crippen molar-refractivity contribution in [3.8, 4) is 5.69 Å². The zero-order valence-electron chi connectivity index (χ0n) is 21.3. The molecule has 9 heteroatoms. The lowest BCUT2D eigenvalue weighted by Gasteiger charge is -2.29. The molecule has 8 nitrogen and oxygen atoms in total. The van der Waals surface area contributed by atoms with E-state index in [2.05, 4.69) is 10.3 Å². The molecule has 1 N–H and O–H groups in total. The zero-order chi connectivity index (χ0) is 26.8. The van der Waals surface area contributed by atoms with Crippen LogP contribution in [0.2, 0.25) is 5.02 Å². The van der Waals surface area contributed by atoms with Gasteiger partial charge in [-0.3, -0.25) is 18.9 Å². The quantitative estimate of drug-likeness (QED) is 0.355. The number of imidazole rings is 1. The summed E-state index contributed by atoms with van der Waals surface area (Å²) in [6.45, 7) is 2.40. The molecular formula is C29H29ClN4O4. The molecule has 38 heavy (non-hydrogen) atoms. The Morgan fingerprint density at radius 1 is 1.05 bits per heavy atom. The normalized spacial score (nSPS) is 17.3. The Bertz CT molecular complexity index is 1550. The van der Waals surface area contributed by atoms with Gasteiger partial charge in [0.2, 0.25) is 0 Å². The van der Waals surface area contributed by atoms with Crippen molar-refractivity contribution in [3.63, 3.8) is 0 Å². The molecule has 1 saturated carbocycles. The number of aromatic nitrogens is 3. The predicted molar refractivity (Wildman–Crippen MR) is 146 cm³/mol. The predicted octanol–water partition coefficient (Wildman–Crippen LogP) is 4.92. The molecule has 0 bridgehead atoms. The average molecular weight is 533 g/mol. The van der Waals surface area contributed by atoms with Gasteiger partial charge in [0.25, 0.3) is 5.91 Å². The maximum absolute atomic E-state index is 13.6. The van der Waals surface area contributed by atoms with Crippen LogP contribution in [0, 0.1) is 12.8 Å². The Hall–Kier alpha value is -3.91. The molecule has 1 amide bonds. The Morgan fingerprint density at radius 3 is 2.42 bits per heavy atom. The number of ether oxygens (including phenoxy) is 1.